The first-order valence-corrected chi connectivity index (χ1v) is 5.00. The Labute approximate surface area is 88.1 Å². The summed E-state index contributed by atoms with van der Waals surface area (Å²) < 4.78 is 0. The third-order valence-corrected chi connectivity index (χ3v) is 3.02. The van der Waals surface area contributed by atoms with E-state index >= 15 is 0 Å². The third-order valence-electron chi connectivity index (χ3n) is 3.02. The second-order valence-electron chi connectivity index (χ2n) is 4.28. The number of rotatable bonds is 3. The summed E-state index contributed by atoms with van der Waals surface area (Å²) in [6.45, 7) is 2.50. The maximum Gasteiger partial charge on any atom is 0.230 e. The fourth-order valence-electron chi connectivity index (χ4n) is 1.71. The van der Waals surface area contributed by atoms with Gasteiger partial charge in [0.2, 0.25) is 12.3 Å². The van der Waals surface area contributed by atoms with E-state index in [-0.39, 0.29) is 18.0 Å². The predicted octanol–water partition coefficient (Wildman–Crippen LogP) is -0.916. The van der Waals surface area contributed by atoms with Crippen LogP contribution in [0.1, 0.15) is 19.8 Å². The zero-order valence-corrected chi connectivity index (χ0v) is 8.72. The van der Waals surface area contributed by atoms with Gasteiger partial charge in [-0.05, 0) is 19.8 Å². The highest BCUT2D eigenvalue weighted by Crippen LogP contribution is 2.46. The first-order valence-electron chi connectivity index (χ1n) is 5.00. The SMILES string of the molecule is CC1=NC(N)=NC(O)N1CC1(CO)CC1. The van der Waals surface area contributed by atoms with Gasteiger partial charge in [-0.15, -0.1) is 0 Å². The molecule has 1 atom stereocenters. The van der Waals surface area contributed by atoms with E-state index in [4.69, 9.17) is 5.73 Å². The lowest BCUT2D eigenvalue weighted by Gasteiger charge is -2.32. The molecule has 1 aliphatic carbocycles. The molecular formula is C9H16N4O2. The Morgan fingerprint density at radius 3 is 2.73 bits per heavy atom. The molecule has 0 spiro atoms. The largest absolute Gasteiger partial charge is 0.396 e. The van der Waals surface area contributed by atoms with Gasteiger partial charge in [0.25, 0.3) is 0 Å². The third kappa shape index (κ3) is 1.95. The van der Waals surface area contributed by atoms with Crippen LogP contribution in [-0.2, 0) is 0 Å². The van der Waals surface area contributed by atoms with Crippen LogP contribution in [-0.4, -0.2) is 46.4 Å². The summed E-state index contributed by atoms with van der Waals surface area (Å²) in [5.41, 5.74) is 5.35. The lowest BCUT2D eigenvalue weighted by Crippen LogP contribution is -2.46. The van der Waals surface area contributed by atoms with Crippen molar-refractivity contribution in [2.24, 2.45) is 21.1 Å². The van der Waals surface area contributed by atoms with Gasteiger partial charge < -0.3 is 20.8 Å². The molecule has 0 radical (unpaired) electrons. The summed E-state index contributed by atoms with van der Waals surface area (Å²) >= 11 is 0. The number of hydrogen-bond acceptors (Lipinski definition) is 6. The molecule has 0 bridgehead atoms. The summed E-state index contributed by atoms with van der Waals surface area (Å²) in [7, 11) is 0. The summed E-state index contributed by atoms with van der Waals surface area (Å²) in [4.78, 5) is 9.42. The number of aliphatic imine (C=N–C) groups is 2. The van der Waals surface area contributed by atoms with Gasteiger partial charge in [0.1, 0.15) is 5.84 Å². The number of aliphatic hydroxyl groups excluding tert-OH is 2. The molecule has 1 unspecified atom stereocenters. The van der Waals surface area contributed by atoms with Crippen molar-refractivity contribution in [2.45, 2.75) is 26.1 Å². The zero-order valence-electron chi connectivity index (χ0n) is 8.72. The van der Waals surface area contributed by atoms with E-state index in [1.54, 1.807) is 11.8 Å². The smallest absolute Gasteiger partial charge is 0.230 e. The van der Waals surface area contributed by atoms with Crippen LogP contribution in [0.5, 0.6) is 0 Å². The monoisotopic (exact) mass is 212 g/mol. The molecule has 15 heavy (non-hydrogen) atoms. The van der Waals surface area contributed by atoms with Crippen molar-refractivity contribution in [3.63, 3.8) is 0 Å². The van der Waals surface area contributed by atoms with Crippen molar-refractivity contribution in [3.8, 4) is 0 Å². The fraction of sp³-hybridized carbons (Fsp3) is 0.778. The number of aliphatic hydroxyl groups is 2. The molecule has 4 N–H and O–H groups in total. The van der Waals surface area contributed by atoms with Crippen LogP contribution >= 0.6 is 0 Å². The maximum absolute atomic E-state index is 9.69. The van der Waals surface area contributed by atoms with Crippen LogP contribution in [0.3, 0.4) is 0 Å². The first kappa shape index (κ1) is 10.4. The van der Waals surface area contributed by atoms with Gasteiger partial charge in [-0.2, -0.15) is 4.99 Å². The highest BCUT2D eigenvalue weighted by molar-refractivity contribution is 5.95. The molecule has 2 aliphatic rings. The molecule has 2 rings (SSSR count). The molecule has 0 saturated heterocycles. The molecule has 1 saturated carbocycles. The van der Waals surface area contributed by atoms with E-state index in [1.807, 2.05) is 0 Å². The van der Waals surface area contributed by atoms with Crippen molar-refractivity contribution in [2.75, 3.05) is 13.2 Å². The van der Waals surface area contributed by atoms with Crippen LogP contribution in [0.4, 0.5) is 0 Å². The van der Waals surface area contributed by atoms with Crippen molar-refractivity contribution >= 4 is 11.8 Å². The van der Waals surface area contributed by atoms with E-state index < -0.39 is 6.35 Å². The standard InChI is InChI=1S/C9H16N4O2/c1-6-11-7(10)12-8(15)13(6)4-9(5-14)2-3-9/h8,14-15H,2-5H2,1H3,(H2,10,12). The Bertz CT molecular complexity index is 322. The normalized spacial score (nSPS) is 28.5. The molecule has 1 heterocycles. The number of amidine groups is 1. The predicted molar refractivity (Wildman–Crippen MR) is 56.2 cm³/mol. The van der Waals surface area contributed by atoms with E-state index in [0.29, 0.717) is 12.4 Å². The molecule has 84 valence electrons. The molecule has 1 fully saturated rings. The van der Waals surface area contributed by atoms with Crippen LogP contribution in [0.2, 0.25) is 0 Å². The fourth-order valence-corrected chi connectivity index (χ4v) is 1.71. The van der Waals surface area contributed by atoms with Crippen molar-refractivity contribution in [3.05, 3.63) is 0 Å². The van der Waals surface area contributed by atoms with Crippen LogP contribution in [0.15, 0.2) is 9.98 Å². The van der Waals surface area contributed by atoms with Gasteiger partial charge in [-0.3, -0.25) is 0 Å². The van der Waals surface area contributed by atoms with E-state index in [2.05, 4.69) is 9.98 Å². The molecule has 0 aromatic heterocycles. The minimum Gasteiger partial charge on any atom is -0.396 e. The molecule has 0 aromatic rings. The highest BCUT2D eigenvalue weighted by atomic mass is 16.3. The number of nitrogens with zero attached hydrogens (tertiary/aromatic N) is 3. The van der Waals surface area contributed by atoms with Crippen molar-refractivity contribution in [1.29, 1.82) is 0 Å². The lowest BCUT2D eigenvalue weighted by molar-refractivity contribution is 0.0373. The van der Waals surface area contributed by atoms with Crippen LogP contribution < -0.4 is 5.73 Å². The molecule has 6 heteroatoms. The van der Waals surface area contributed by atoms with Gasteiger partial charge in [0.15, 0.2) is 0 Å². The Balaban J connectivity index is 2.07. The summed E-state index contributed by atoms with van der Waals surface area (Å²) in [5.74, 6) is 0.750. The van der Waals surface area contributed by atoms with Crippen LogP contribution in [0, 0.1) is 5.41 Å². The number of hydrogen-bond donors (Lipinski definition) is 3. The zero-order chi connectivity index (χ0) is 11.1. The molecule has 1 aliphatic heterocycles. The van der Waals surface area contributed by atoms with E-state index in [1.165, 1.54) is 0 Å². The first-order chi connectivity index (χ1) is 7.06. The second kappa shape index (κ2) is 3.46. The maximum atomic E-state index is 9.69. The molecule has 0 aromatic carbocycles. The van der Waals surface area contributed by atoms with Gasteiger partial charge in [-0.25, -0.2) is 4.99 Å². The minimum atomic E-state index is -0.966. The van der Waals surface area contributed by atoms with Gasteiger partial charge in [0.05, 0.1) is 6.61 Å². The summed E-state index contributed by atoms with van der Waals surface area (Å²) in [6, 6.07) is 0. The molecule has 0 amide bonds. The topological polar surface area (TPSA) is 94.4 Å². The number of guanidine groups is 1. The Morgan fingerprint density at radius 2 is 2.27 bits per heavy atom. The Kier molecular flexibility index (Phi) is 2.40. The number of nitrogens with two attached hydrogens (primary N) is 1. The Morgan fingerprint density at radius 1 is 1.60 bits per heavy atom. The van der Waals surface area contributed by atoms with Crippen molar-refractivity contribution < 1.29 is 10.2 Å². The lowest BCUT2D eigenvalue weighted by atomic mass is 10.1. The van der Waals surface area contributed by atoms with Gasteiger partial charge in [-0.1, -0.05) is 0 Å². The van der Waals surface area contributed by atoms with E-state index in [9.17, 15) is 10.2 Å². The molecule has 6 nitrogen and oxygen atoms in total. The summed E-state index contributed by atoms with van der Waals surface area (Å²) in [5, 5.41) is 18.9. The quantitative estimate of drug-likeness (QED) is 0.564. The molecular weight excluding hydrogens is 196 g/mol. The van der Waals surface area contributed by atoms with Crippen LogP contribution in [0.25, 0.3) is 0 Å². The second-order valence-corrected chi connectivity index (χ2v) is 4.28. The van der Waals surface area contributed by atoms with Crippen molar-refractivity contribution in [1.82, 2.24) is 4.90 Å². The average Bonchev–Trinajstić information content (AvgIpc) is 2.92. The van der Waals surface area contributed by atoms with E-state index in [0.717, 1.165) is 12.8 Å². The average molecular weight is 212 g/mol. The van der Waals surface area contributed by atoms with Gasteiger partial charge in [0, 0.05) is 12.0 Å². The Hall–Kier alpha value is -1.14. The highest BCUT2D eigenvalue weighted by Gasteiger charge is 2.45. The van der Waals surface area contributed by atoms with Gasteiger partial charge >= 0.3 is 0 Å². The summed E-state index contributed by atoms with van der Waals surface area (Å²) in [6.07, 6.45) is 1.00. The minimum absolute atomic E-state index is 0.0701.